The molecule has 2 aromatic rings. The summed E-state index contributed by atoms with van der Waals surface area (Å²) in [5, 5.41) is 9.62. The molecule has 5 heteroatoms. The van der Waals surface area contributed by atoms with Crippen LogP contribution >= 0.6 is 0 Å². The molecular formula is C15H17N3O2. The van der Waals surface area contributed by atoms with E-state index in [9.17, 15) is 4.79 Å². The van der Waals surface area contributed by atoms with E-state index >= 15 is 0 Å². The topological polar surface area (TPSA) is 67.0 Å². The van der Waals surface area contributed by atoms with Crippen molar-refractivity contribution in [2.45, 2.75) is 13.3 Å². The summed E-state index contributed by atoms with van der Waals surface area (Å²) in [7, 11) is 0. The van der Waals surface area contributed by atoms with Crippen LogP contribution in [0.2, 0.25) is 0 Å². The summed E-state index contributed by atoms with van der Waals surface area (Å²) in [6.45, 7) is 5.96. The summed E-state index contributed by atoms with van der Waals surface area (Å²) in [5.74, 6) is 0.778. The first-order valence-corrected chi connectivity index (χ1v) is 6.43. The van der Waals surface area contributed by atoms with Gasteiger partial charge in [-0.3, -0.25) is 9.89 Å². The lowest BCUT2D eigenvalue weighted by atomic mass is 10.2. The van der Waals surface area contributed by atoms with Crippen molar-refractivity contribution in [3.8, 4) is 5.75 Å². The van der Waals surface area contributed by atoms with Gasteiger partial charge in [0.05, 0.1) is 5.56 Å². The van der Waals surface area contributed by atoms with Gasteiger partial charge >= 0.3 is 0 Å². The molecule has 0 atom stereocenters. The number of nitrogens with one attached hydrogen (secondary N) is 2. The van der Waals surface area contributed by atoms with Crippen molar-refractivity contribution in [1.82, 2.24) is 10.2 Å². The fraction of sp³-hybridized carbons (Fsp3) is 0.200. The third kappa shape index (κ3) is 3.26. The summed E-state index contributed by atoms with van der Waals surface area (Å²) in [6.07, 6.45) is 2.47. The molecule has 0 radical (unpaired) electrons. The predicted octanol–water partition coefficient (Wildman–Crippen LogP) is 2.79. The van der Waals surface area contributed by atoms with Crippen LogP contribution in [0, 0.1) is 0 Å². The Kier molecular flexibility index (Phi) is 4.55. The van der Waals surface area contributed by atoms with E-state index in [4.69, 9.17) is 4.74 Å². The minimum Gasteiger partial charge on any atom is -0.489 e. The Labute approximate surface area is 117 Å². The molecule has 0 aliphatic rings. The van der Waals surface area contributed by atoms with Crippen LogP contribution in [0.3, 0.4) is 0 Å². The SMILES string of the molecule is C=CCOc1ccccc1C(=O)Nc1cc(CC)[nH]n1. The molecule has 0 saturated carbocycles. The van der Waals surface area contributed by atoms with Crippen LogP contribution in [0.15, 0.2) is 43.0 Å². The molecule has 0 spiro atoms. The second kappa shape index (κ2) is 6.56. The molecular weight excluding hydrogens is 254 g/mol. The van der Waals surface area contributed by atoms with Crippen LogP contribution in [0.5, 0.6) is 5.75 Å². The van der Waals surface area contributed by atoms with Gasteiger partial charge < -0.3 is 10.1 Å². The van der Waals surface area contributed by atoms with Gasteiger partial charge in [-0.15, -0.1) is 0 Å². The fourth-order valence-electron chi connectivity index (χ4n) is 1.72. The highest BCUT2D eigenvalue weighted by molar-refractivity contribution is 6.05. The number of aromatic nitrogens is 2. The van der Waals surface area contributed by atoms with Gasteiger partial charge in [-0.05, 0) is 18.6 Å². The molecule has 0 aliphatic heterocycles. The average Bonchev–Trinajstić information content (AvgIpc) is 2.93. The lowest BCUT2D eigenvalue weighted by Crippen LogP contribution is -2.14. The van der Waals surface area contributed by atoms with E-state index in [0.29, 0.717) is 23.7 Å². The first-order valence-electron chi connectivity index (χ1n) is 6.43. The molecule has 0 unspecified atom stereocenters. The summed E-state index contributed by atoms with van der Waals surface area (Å²) < 4.78 is 5.46. The zero-order valence-electron chi connectivity index (χ0n) is 11.3. The average molecular weight is 271 g/mol. The smallest absolute Gasteiger partial charge is 0.260 e. The Hall–Kier alpha value is -2.56. The highest BCUT2D eigenvalue weighted by Gasteiger charge is 2.13. The Morgan fingerprint density at radius 1 is 1.50 bits per heavy atom. The second-order valence-electron chi connectivity index (χ2n) is 4.18. The maximum absolute atomic E-state index is 12.2. The van der Waals surface area contributed by atoms with E-state index in [0.717, 1.165) is 12.1 Å². The van der Waals surface area contributed by atoms with Gasteiger partial charge in [0.15, 0.2) is 5.82 Å². The number of carbonyl (C=O) groups is 1. The molecule has 0 fully saturated rings. The molecule has 0 aliphatic carbocycles. The van der Waals surface area contributed by atoms with E-state index in [1.165, 1.54) is 0 Å². The summed E-state index contributed by atoms with van der Waals surface area (Å²) in [5.41, 5.74) is 1.44. The first-order chi connectivity index (χ1) is 9.74. The van der Waals surface area contributed by atoms with Crippen molar-refractivity contribution >= 4 is 11.7 Å². The number of carbonyl (C=O) groups excluding carboxylic acids is 1. The summed E-state index contributed by atoms with van der Waals surface area (Å²) in [4.78, 5) is 12.2. The number of nitrogens with zero attached hydrogens (tertiary/aromatic N) is 1. The van der Waals surface area contributed by atoms with Gasteiger partial charge in [0.1, 0.15) is 12.4 Å². The molecule has 104 valence electrons. The molecule has 0 saturated heterocycles. The van der Waals surface area contributed by atoms with E-state index in [1.54, 1.807) is 24.3 Å². The number of amides is 1. The van der Waals surface area contributed by atoms with Crippen molar-refractivity contribution in [2.75, 3.05) is 11.9 Å². The van der Waals surface area contributed by atoms with Crippen molar-refractivity contribution in [3.63, 3.8) is 0 Å². The van der Waals surface area contributed by atoms with Gasteiger partial charge in [-0.1, -0.05) is 31.7 Å². The monoisotopic (exact) mass is 271 g/mol. The van der Waals surface area contributed by atoms with E-state index in [1.807, 2.05) is 19.1 Å². The second-order valence-corrected chi connectivity index (χ2v) is 4.18. The van der Waals surface area contributed by atoms with Gasteiger partial charge in [0, 0.05) is 11.8 Å². The van der Waals surface area contributed by atoms with E-state index in [-0.39, 0.29) is 5.91 Å². The molecule has 1 aromatic carbocycles. The number of anilines is 1. The van der Waals surface area contributed by atoms with Crippen molar-refractivity contribution in [3.05, 3.63) is 54.2 Å². The van der Waals surface area contributed by atoms with Crippen molar-refractivity contribution < 1.29 is 9.53 Å². The number of benzene rings is 1. The standard InChI is InChI=1S/C15H17N3O2/c1-3-9-20-13-8-6-5-7-12(13)15(19)16-14-10-11(4-2)17-18-14/h3,5-8,10H,1,4,9H2,2H3,(H2,16,17,18,19). The number of rotatable bonds is 6. The molecule has 0 bridgehead atoms. The van der Waals surface area contributed by atoms with E-state index in [2.05, 4.69) is 22.1 Å². The molecule has 5 nitrogen and oxygen atoms in total. The van der Waals surface area contributed by atoms with Crippen LogP contribution in [0.1, 0.15) is 23.0 Å². The highest BCUT2D eigenvalue weighted by Crippen LogP contribution is 2.19. The fourth-order valence-corrected chi connectivity index (χ4v) is 1.72. The maximum Gasteiger partial charge on any atom is 0.260 e. The Bertz CT molecular complexity index is 605. The number of para-hydroxylation sites is 1. The normalized spacial score (nSPS) is 10.1. The maximum atomic E-state index is 12.2. The number of H-pyrrole nitrogens is 1. The number of aromatic amines is 1. The van der Waals surface area contributed by atoms with Crippen LogP contribution in [0.25, 0.3) is 0 Å². The number of hydrogen-bond donors (Lipinski definition) is 2. The molecule has 20 heavy (non-hydrogen) atoms. The highest BCUT2D eigenvalue weighted by atomic mass is 16.5. The van der Waals surface area contributed by atoms with Gasteiger partial charge in [-0.25, -0.2) is 0 Å². The quantitative estimate of drug-likeness (QED) is 0.794. The lowest BCUT2D eigenvalue weighted by Gasteiger charge is -2.09. The third-order valence-corrected chi connectivity index (χ3v) is 2.74. The number of aryl methyl sites for hydroxylation is 1. The molecule has 1 heterocycles. The van der Waals surface area contributed by atoms with Gasteiger partial charge in [-0.2, -0.15) is 5.10 Å². The lowest BCUT2D eigenvalue weighted by molar-refractivity contribution is 0.102. The molecule has 1 aromatic heterocycles. The van der Waals surface area contributed by atoms with Crippen LogP contribution in [-0.4, -0.2) is 22.7 Å². The zero-order chi connectivity index (χ0) is 14.4. The van der Waals surface area contributed by atoms with Crippen molar-refractivity contribution in [2.24, 2.45) is 0 Å². The van der Waals surface area contributed by atoms with Gasteiger partial charge in [0.25, 0.3) is 5.91 Å². The third-order valence-electron chi connectivity index (χ3n) is 2.74. The van der Waals surface area contributed by atoms with Gasteiger partial charge in [0.2, 0.25) is 0 Å². The molecule has 1 amide bonds. The summed E-state index contributed by atoms with van der Waals surface area (Å²) >= 11 is 0. The minimum absolute atomic E-state index is 0.251. The van der Waals surface area contributed by atoms with Crippen LogP contribution in [-0.2, 0) is 6.42 Å². The summed E-state index contributed by atoms with van der Waals surface area (Å²) in [6, 6.07) is 8.88. The van der Waals surface area contributed by atoms with Crippen molar-refractivity contribution in [1.29, 1.82) is 0 Å². The Balaban J connectivity index is 2.14. The Morgan fingerprint density at radius 3 is 3.00 bits per heavy atom. The molecule has 2 rings (SSSR count). The first kappa shape index (κ1) is 13.9. The van der Waals surface area contributed by atoms with Crippen LogP contribution < -0.4 is 10.1 Å². The largest absolute Gasteiger partial charge is 0.489 e. The Morgan fingerprint density at radius 2 is 2.30 bits per heavy atom. The minimum atomic E-state index is -0.251. The number of ether oxygens (including phenoxy) is 1. The number of hydrogen-bond acceptors (Lipinski definition) is 3. The zero-order valence-corrected chi connectivity index (χ0v) is 11.3. The molecule has 2 N–H and O–H groups in total. The van der Waals surface area contributed by atoms with E-state index < -0.39 is 0 Å². The predicted molar refractivity (Wildman–Crippen MR) is 78.1 cm³/mol. The van der Waals surface area contributed by atoms with Crippen LogP contribution in [0.4, 0.5) is 5.82 Å².